The van der Waals surface area contributed by atoms with Crippen molar-refractivity contribution in [1.82, 2.24) is 10.3 Å². The van der Waals surface area contributed by atoms with Gasteiger partial charge in [0.15, 0.2) is 0 Å². The molecule has 1 aromatic heterocycles. The Morgan fingerprint density at radius 1 is 1.37 bits per heavy atom. The van der Waals surface area contributed by atoms with Gasteiger partial charge in [0, 0.05) is 12.5 Å². The molecule has 1 N–H and O–H groups in total. The van der Waals surface area contributed by atoms with Crippen molar-refractivity contribution in [2.24, 2.45) is 0 Å². The highest BCUT2D eigenvalue weighted by Gasteiger charge is 2.30. The van der Waals surface area contributed by atoms with Crippen molar-refractivity contribution in [1.29, 1.82) is 0 Å². The third kappa shape index (κ3) is 3.45. The van der Waals surface area contributed by atoms with E-state index in [9.17, 15) is 13.2 Å². The highest BCUT2D eigenvalue weighted by atomic mass is 32.1. The zero-order valence-corrected chi connectivity index (χ0v) is 11.5. The van der Waals surface area contributed by atoms with Crippen molar-refractivity contribution >= 4 is 21.6 Å². The molecule has 2 rings (SSSR count). The number of fused-ring (bicyclic) bond motifs is 1. The van der Waals surface area contributed by atoms with Gasteiger partial charge in [-0.25, -0.2) is 4.98 Å². The van der Waals surface area contributed by atoms with Crippen molar-refractivity contribution in [3.05, 3.63) is 28.8 Å². The van der Waals surface area contributed by atoms with Crippen LogP contribution >= 0.6 is 11.3 Å². The SMILES string of the molecule is CCNC(C)Cc1nc2cc(C(F)(F)F)ccc2s1. The molecule has 0 bridgehead atoms. The van der Waals surface area contributed by atoms with E-state index >= 15 is 0 Å². The fraction of sp³-hybridized carbons (Fsp3) is 0.462. The molecule has 0 aliphatic rings. The molecule has 0 saturated carbocycles. The van der Waals surface area contributed by atoms with Gasteiger partial charge in [-0.3, -0.25) is 0 Å². The number of nitrogens with one attached hydrogen (secondary N) is 1. The molecular formula is C13H15F3N2S. The quantitative estimate of drug-likeness (QED) is 0.924. The zero-order valence-electron chi connectivity index (χ0n) is 10.7. The lowest BCUT2D eigenvalue weighted by molar-refractivity contribution is -0.137. The topological polar surface area (TPSA) is 24.9 Å². The van der Waals surface area contributed by atoms with Crippen LogP contribution in [0.1, 0.15) is 24.4 Å². The Balaban J connectivity index is 2.26. The lowest BCUT2D eigenvalue weighted by Crippen LogP contribution is -2.27. The maximum atomic E-state index is 12.6. The first kappa shape index (κ1) is 14.3. The second kappa shape index (κ2) is 5.46. The number of likely N-dealkylation sites (N-methyl/N-ethyl adjacent to an activating group) is 1. The molecule has 0 amide bonds. The van der Waals surface area contributed by atoms with Gasteiger partial charge in [-0.05, 0) is 31.7 Å². The fourth-order valence-electron chi connectivity index (χ4n) is 1.92. The van der Waals surface area contributed by atoms with E-state index in [4.69, 9.17) is 0 Å². The molecule has 0 fully saturated rings. The van der Waals surface area contributed by atoms with Crippen molar-refractivity contribution in [3.63, 3.8) is 0 Å². The second-order valence-corrected chi connectivity index (χ2v) is 5.57. The van der Waals surface area contributed by atoms with Gasteiger partial charge in [0.05, 0.1) is 20.8 Å². The molecular weight excluding hydrogens is 273 g/mol. The summed E-state index contributed by atoms with van der Waals surface area (Å²) in [6, 6.07) is 4.00. The van der Waals surface area contributed by atoms with E-state index in [1.807, 2.05) is 13.8 Å². The normalized spacial score (nSPS) is 13.9. The Bertz CT molecular complexity index is 563. The molecule has 2 nitrogen and oxygen atoms in total. The molecule has 6 heteroatoms. The molecule has 1 heterocycles. The average molecular weight is 288 g/mol. The number of rotatable bonds is 4. The van der Waals surface area contributed by atoms with E-state index < -0.39 is 11.7 Å². The Kier molecular flexibility index (Phi) is 4.10. The van der Waals surface area contributed by atoms with Crippen LogP contribution in [-0.4, -0.2) is 17.6 Å². The van der Waals surface area contributed by atoms with Gasteiger partial charge in [0.2, 0.25) is 0 Å². The maximum Gasteiger partial charge on any atom is 0.416 e. The molecule has 1 aromatic carbocycles. The van der Waals surface area contributed by atoms with Gasteiger partial charge < -0.3 is 5.32 Å². The number of benzene rings is 1. The molecule has 19 heavy (non-hydrogen) atoms. The molecule has 2 aromatic rings. The van der Waals surface area contributed by atoms with Gasteiger partial charge in [-0.2, -0.15) is 13.2 Å². The van der Waals surface area contributed by atoms with E-state index in [1.54, 1.807) is 0 Å². The van der Waals surface area contributed by atoms with Crippen LogP contribution in [0, 0.1) is 0 Å². The predicted molar refractivity (Wildman–Crippen MR) is 71.5 cm³/mol. The van der Waals surface area contributed by atoms with Gasteiger partial charge in [-0.1, -0.05) is 6.92 Å². The summed E-state index contributed by atoms with van der Waals surface area (Å²) in [7, 11) is 0. The number of hydrogen-bond acceptors (Lipinski definition) is 3. The number of thiazole rings is 1. The van der Waals surface area contributed by atoms with Crippen molar-refractivity contribution in [2.45, 2.75) is 32.5 Å². The van der Waals surface area contributed by atoms with E-state index in [2.05, 4.69) is 10.3 Å². The molecule has 0 saturated heterocycles. The maximum absolute atomic E-state index is 12.6. The number of aromatic nitrogens is 1. The van der Waals surface area contributed by atoms with Crippen LogP contribution in [0.5, 0.6) is 0 Å². The largest absolute Gasteiger partial charge is 0.416 e. The Hall–Kier alpha value is -1.14. The van der Waals surface area contributed by atoms with Gasteiger partial charge in [0.25, 0.3) is 0 Å². The number of hydrogen-bond donors (Lipinski definition) is 1. The first-order valence-corrected chi connectivity index (χ1v) is 6.92. The summed E-state index contributed by atoms with van der Waals surface area (Å²) < 4.78 is 38.6. The Morgan fingerprint density at radius 2 is 2.11 bits per heavy atom. The fourth-order valence-corrected chi connectivity index (χ4v) is 3.00. The third-order valence-electron chi connectivity index (χ3n) is 2.79. The van der Waals surface area contributed by atoms with Gasteiger partial charge in [-0.15, -0.1) is 11.3 Å². The average Bonchev–Trinajstić information content (AvgIpc) is 2.68. The number of nitrogens with zero attached hydrogens (tertiary/aromatic N) is 1. The summed E-state index contributed by atoms with van der Waals surface area (Å²) in [5.41, 5.74) is -0.213. The number of alkyl halides is 3. The summed E-state index contributed by atoms with van der Waals surface area (Å²) in [6.45, 7) is 4.92. The van der Waals surface area contributed by atoms with Crippen LogP contribution in [0.3, 0.4) is 0 Å². The van der Waals surface area contributed by atoms with E-state index in [-0.39, 0.29) is 6.04 Å². The molecule has 0 radical (unpaired) electrons. The molecule has 1 unspecified atom stereocenters. The molecule has 0 spiro atoms. The zero-order chi connectivity index (χ0) is 14.0. The lowest BCUT2D eigenvalue weighted by Gasteiger charge is -2.09. The minimum absolute atomic E-state index is 0.271. The van der Waals surface area contributed by atoms with E-state index in [0.29, 0.717) is 5.52 Å². The molecule has 1 atom stereocenters. The highest BCUT2D eigenvalue weighted by molar-refractivity contribution is 7.18. The predicted octanol–water partition coefficient (Wildman–Crippen LogP) is 3.86. The van der Waals surface area contributed by atoms with E-state index in [0.717, 1.165) is 34.8 Å². The smallest absolute Gasteiger partial charge is 0.314 e. The monoisotopic (exact) mass is 288 g/mol. The first-order valence-electron chi connectivity index (χ1n) is 6.10. The van der Waals surface area contributed by atoms with E-state index in [1.165, 1.54) is 17.4 Å². The molecule has 104 valence electrons. The van der Waals surface area contributed by atoms with Gasteiger partial charge >= 0.3 is 6.18 Å². The summed E-state index contributed by atoms with van der Waals surface area (Å²) in [5, 5.41) is 4.12. The molecule has 0 aliphatic heterocycles. The molecule has 0 aliphatic carbocycles. The highest BCUT2D eigenvalue weighted by Crippen LogP contribution is 2.33. The third-order valence-corrected chi connectivity index (χ3v) is 3.85. The number of halogens is 3. The Morgan fingerprint density at radius 3 is 2.74 bits per heavy atom. The van der Waals surface area contributed by atoms with Crippen LogP contribution in [0.25, 0.3) is 10.2 Å². The first-order chi connectivity index (χ1) is 8.90. The van der Waals surface area contributed by atoms with Crippen LogP contribution in [0.4, 0.5) is 13.2 Å². The van der Waals surface area contributed by atoms with Crippen LogP contribution in [0.15, 0.2) is 18.2 Å². The summed E-state index contributed by atoms with van der Waals surface area (Å²) in [5.74, 6) is 0. The van der Waals surface area contributed by atoms with Crippen LogP contribution < -0.4 is 5.32 Å². The van der Waals surface area contributed by atoms with Gasteiger partial charge in [0.1, 0.15) is 0 Å². The summed E-state index contributed by atoms with van der Waals surface area (Å²) >= 11 is 1.45. The van der Waals surface area contributed by atoms with Crippen LogP contribution in [-0.2, 0) is 12.6 Å². The van der Waals surface area contributed by atoms with Crippen molar-refractivity contribution < 1.29 is 13.2 Å². The van der Waals surface area contributed by atoms with Crippen molar-refractivity contribution in [2.75, 3.05) is 6.54 Å². The Labute approximate surface area is 113 Å². The minimum atomic E-state index is -4.31. The van der Waals surface area contributed by atoms with Crippen molar-refractivity contribution in [3.8, 4) is 0 Å². The van der Waals surface area contributed by atoms with Crippen LogP contribution in [0.2, 0.25) is 0 Å². The standard InChI is InChI=1S/C13H15F3N2S/c1-3-17-8(2)6-12-18-10-7-9(13(14,15)16)4-5-11(10)19-12/h4-5,7-8,17H,3,6H2,1-2H3. The lowest BCUT2D eigenvalue weighted by atomic mass is 10.2. The summed E-state index contributed by atoms with van der Waals surface area (Å²) in [6.07, 6.45) is -3.58. The minimum Gasteiger partial charge on any atom is -0.314 e. The summed E-state index contributed by atoms with van der Waals surface area (Å²) in [4.78, 5) is 4.29. The second-order valence-electron chi connectivity index (χ2n) is 4.45.